The highest BCUT2D eigenvalue weighted by Gasteiger charge is 2.27. The maximum atomic E-state index is 13.8. The largest absolute Gasteiger partial charge is 0.313 e. The van der Waals surface area contributed by atoms with Gasteiger partial charge in [-0.15, -0.1) is 0 Å². The van der Waals surface area contributed by atoms with Gasteiger partial charge in [-0.05, 0) is 32.8 Å². The van der Waals surface area contributed by atoms with Crippen LogP contribution in [0.15, 0.2) is 16.9 Å². The first kappa shape index (κ1) is 19.9. The van der Waals surface area contributed by atoms with Crippen molar-refractivity contribution in [2.24, 2.45) is 0 Å². The Morgan fingerprint density at radius 1 is 1.26 bits per heavy atom. The van der Waals surface area contributed by atoms with Gasteiger partial charge in [0.25, 0.3) is 5.56 Å². The van der Waals surface area contributed by atoms with Crippen LogP contribution in [0, 0.1) is 11.6 Å². The molecule has 1 fully saturated rings. The van der Waals surface area contributed by atoms with Crippen molar-refractivity contribution in [3.63, 3.8) is 0 Å². The molecule has 0 amide bonds. The third-order valence-electron chi connectivity index (χ3n) is 5.38. The molecule has 1 saturated heterocycles. The van der Waals surface area contributed by atoms with Crippen molar-refractivity contribution in [2.45, 2.75) is 58.7 Å². The summed E-state index contributed by atoms with van der Waals surface area (Å²) in [5.74, 6) is -1.35. The number of aromatic nitrogens is 2. The zero-order chi connectivity index (χ0) is 19.6. The van der Waals surface area contributed by atoms with Gasteiger partial charge in [0.2, 0.25) is 0 Å². The lowest BCUT2D eigenvalue weighted by Crippen LogP contribution is -2.37. The molecule has 3 rings (SSSR count). The molecule has 1 aromatic heterocycles. The van der Waals surface area contributed by atoms with Crippen LogP contribution in [0.1, 0.15) is 51.9 Å². The molecule has 0 radical (unpaired) electrons. The summed E-state index contributed by atoms with van der Waals surface area (Å²) in [6, 6.07) is 2.42. The van der Waals surface area contributed by atoms with E-state index in [0.717, 1.165) is 51.0 Å². The summed E-state index contributed by atoms with van der Waals surface area (Å²) in [5, 5.41) is 3.61. The summed E-state index contributed by atoms with van der Waals surface area (Å²) < 4.78 is 29.0. The van der Waals surface area contributed by atoms with Gasteiger partial charge in [0.15, 0.2) is 11.6 Å². The average molecular weight is 378 g/mol. The van der Waals surface area contributed by atoms with Gasteiger partial charge < -0.3 is 5.32 Å². The second kappa shape index (κ2) is 8.44. The van der Waals surface area contributed by atoms with Gasteiger partial charge in [-0.25, -0.2) is 13.8 Å². The van der Waals surface area contributed by atoms with E-state index in [1.165, 1.54) is 0 Å². The van der Waals surface area contributed by atoms with Gasteiger partial charge in [0, 0.05) is 38.3 Å². The van der Waals surface area contributed by atoms with Gasteiger partial charge in [0.1, 0.15) is 5.82 Å². The van der Waals surface area contributed by atoms with Crippen molar-refractivity contribution in [1.82, 2.24) is 19.8 Å². The van der Waals surface area contributed by atoms with Crippen LogP contribution in [0.5, 0.6) is 0 Å². The first-order valence-corrected chi connectivity index (χ1v) is 9.83. The van der Waals surface area contributed by atoms with Gasteiger partial charge in [-0.1, -0.05) is 13.3 Å². The van der Waals surface area contributed by atoms with Gasteiger partial charge in [0.05, 0.1) is 16.9 Å². The number of hydrogen-bond donors (Lipinski definition) is 1. The second-order valence-corrected chi connectivity index (χ2v) is 7.29. The molecule has 1 aromatic carbocycles. The van der Waals surface area contributed by atoms with Crippen LogP contribution in [0.2, 0.25) is 0 Å². The number of halogens is 2. The number of nitrogens with zero attached hydrogens (tertiary/aromatic N) is 3. The highest BCUT2D eigenvalue weighted by molar-refractivity contribution is 5.77. The highest BCUT2D eigenvalue weighted by atomic mass is 19.2. The van der Waals surface area contributed by atoms with Crippen molar-refractivity contribution >= 4 is 10.9 Å². The molecule has 148 valence electrons. The summed E-state index contributed by atoms with van der Waals surface area (Å²) in [6.45, 7) is 9.26. The van der Waals surface area contributed by atoms with Crippen LogP contribution < -0.4 is 10.9 Å². The lowest BCUT2D eigenvalue weighted by Gasteiger charge is -2.31. The predicted molar refractivity (Wildman–Crippen MR) is 103 cm³/mol. The number of hydrogen-bond acceptors (Lipinski definition) is 4. The van der Waals surface area contributed by atoms with Crippen molar-refractivity contribution in [1.29, 1.82) is 0 Å². The highest BCUT2D eigenvalue weighted by Crippen LogP contribution is 2.26. The van der Waals surface area contributed by atoms with Crippen LogP contribution >= 0.6 is 0 Å². The summed E-state index contributed by atoms with van der Waals surface area (Å²) in [4.78, 5) is 20.0. The molecule has 0 bridgehead atoms. The minimum atomic E-state index is -1.02. The fraction of sp³-hybridized carbons (Fsp3) is 0.600. The quantitative estimate of drug-likeness (QED) is 0.868. The molecule has 7 heteroatoms. The Bertz CT molecular complexity index is 867. The molecule has 0 aliphatic carbocycles. The van der Waals surface area contributed by atoms with Gasteiger partial charge in [-0.2, -0.15) is 0 Å². The number of fused-ring (bicyclic) bond motifs is 1. The van der Waals surface area contributed by atoms with Crippen LogP contribution in [0.25, 0.3) is 10.9 Å². The number of rotatable bonds is 5. The molecule has 0 saturated carbocycles. The molecule has 1 N–H and O–H groups in total. The van der Waals surface area contributed by atoms with Gasteiger partial charge >= 0.3 is 0 Å². The molecule has 2 aromatic rings. The van der Waals surface area contributed by atoms with Crippen molar-refractivity contribution in [3.05, 3.63) is 39.9 Å². The van der Waals surface area contributed by atoms with E-state index in [1.54, 1.807) is 4.57 Å². The van der Waals surface area contributed by atoms with E-state index in [2.05, 4.69) is 29.0 Å². The van der Waals surface area contributed by atoms with Crippen molar-refractivity contribution in [2.75, 3.05) is 19.6 Å². The molecule has 1 aliphatic heterocycles. The second-order valence-electron chi connectivity index (χ2n) is 7.29. The number of nitrogens with one attached hydrogen (secondary N) is 1. The Kier molecular flexibility index (Phi) is 6.22. The summed E-state index contributed by atoms with van der Waals surface area (Å²) in [7, 11) is 0. The monoisotopic (exact) mass is 378 g/mol. The van der Waals surface area contributed by atoms with E-state index in [4.69, 9.17) is 0 Å². The van der Waals surface area contributed by atoms with Crippen LogP contribution in [-0.2, 0) is 6.54 Å². The minimum Gasteiger partial charge on any atom is -0.313 e. The molecular weight excluding hydrogens is 350 g/mol. The maximum Gasteiger partial charge on any atom is 0.261 e. The number of benzene rings is 1. The van der Waals surface area contributed by atoms with E-state index in [9.17, 15) is 13.6 Å². The molecule has 2 atom stereocenters. The molecule has 27 heavy (non-hydrogen) atoms. The van der Waals surface area contributed by atoms with E-state index in [0.29, 0.717) is 18.4 Å². The zero-order valence-electron chi connectivity index (χ0n) is 16.3. The molecule has 2 heterocycles. The van der Waals surface area contributed by atoms with E-state index in [1.807, 2.05) is 6.92 Å². The molecule has 0 spiro atoms. The van der Waals surface area contributed by atoms with Crippen LogP contribution in [0.3, 0.4) is 0 Å². The predicted octanol–water partition coefficient (Wildman–Crippen LogP) is 3.22. The zero-order valence-corrected chi connectivity index (χ0v) is 16.3. The minimum absolute atomic E-state index is 0.0211. The van der Waals surface area contributed by atoms with Crippen molar-refractivity contribution in [3.8, 4) is 0 Å². The normalized spacial score (nSPS) is 20.0. The fourth-order valence-corrected chi connectivity index (χ4v) is 3.88. The van der Waals surface area contributed by atoms with Crippen LogP contribution in [0.4, 0.5) is 8.78 Å². The van der Waals surface area contributed by atoms with Crippen molar-refractivity contribution < 1.29 is 8.78 Å². The Morgan fingerprint density at radius 2 is 2.00 bits per heavy atom. The van der Waals surface area contributed by atoms with E-state index in [-0.39, 0.29) is 22.5 Å². The fourth-order valence-electron chi connectivity index (χ4n) is 3.88. The third kappa shape index (κ3) is 4.04. The van der Waals surface area contributed by atoms with E-state index >= 15 is 0 Å². The molecule has 0 unspecified atom stereocenters. The standard InChI is InChI=1S/C20H28F2N4O/c1-4-6-18(25-9-7-13(3)23-8-10-25)19-24-17-12-16(22)15(21)11-14(17)20(27)26(19)5-2/h11-13,18,23H,4-10H2,1-3H3/t13-,18-/m1/s1. The van der Waals surface area contributed by atoms with E-state index < -0.39 is 11.6 Å². The lowest BCUT2D eigenvalue weighted by molar-refractivity contribution is 0.184. The lowest BCUT2D eigenvalue weighted by atomic mass is 10.1. The average Bonchev–Trinajstić information content (AvgIpc) is 2.86. The third-order valence-corrected chi connectivity index (χ3v) is 5.38. The molecular formula is C20H28F2N4O. The topological polar surface area (TPSA) is 50.2 Å². The Balaban J connectivity index is 2.13. The van der Waals surface area contributed by atoms with Gasteiger partial charge in [-0.3, -0.25) is 14.3 Å². The summed E-state index contributed by atoms with van der Waals surface area (Å²) in [6.07, 6.45) is 2.82. The first-order valence-electron chi connectivity index (χ1n) is 9.83. The van der Waals surface area contributed by atoms with Crippen LogP contribution in [-0.4, -0.2) is 40.1 Å². The smallest absolute Gasteiger partial charge is 0.261 e. The Morgan fingerprint density at radius 3 is 2.70 bits per heavy atom. The summed E-state index contributed by atoms with van der Waals surface area (Å²) >= 11 is 0. The maximum absolute atomic E-state index is 13.8. The summed E-state index contributed by atoms with van der Waals surface area (Å²) in [5.41, 5.74) is -0.0835. The molecule has 5 nitrogen and oxygen atoms in total. The Labute approximate surface area is 158 Å². The SMILES string of the molecule is CCC[C@H](c1nc2cc(F)c(F)cc2c(=O)n1CC)N1CCN[C@H](C)CC1. The first-order chi connectivity index (χ1) is 13.0. The Hall–Kier alpha value is -1.86. The molecule has 1 aliphatic rings.